The predicted molar refractivity (Wildman–Crippen MR) is 132 cm³/mol. The van der Waals surface area contributed by atoms with E-state index < -0.39 is 5.60 Å². The van der Waals surface area contributed by atoms with Gasteiger partial charge in [-0.1, -0.05) is 43.6 Å². The maximum absolute atomic E-state index is 10.6. The first-order valence-electron chi connectivity index (χ1n) is 12.9. The second-order valence-electron chi connectivity index (χ2n) is 10.9. The monoisotopic (exact) mass is 434 g/mol. The third kappa shape index (κ3) is 8.31. The standard InChI is InChI=1S/C27H50N2O2/c1-7-8-12-27(6,31)13-9-11-24-25-17-22(16-23(25)18-26(24)30)19-28-14-10-15-29(20(2)3)21(4)5/h9,11,16,20-21,23-26,28,30-31H,7-8,10,12-15,17-19H2,1-6H3/b11-9+/t23-,24+,25-,26+,27-/m0/s1. The molecule has 180 valence electrons. The lowest BCUT2D eigenvalue weighted by molar-refractivity contribution is 0.0513. The van der Waals surface area contributed by atoms with Crippen LogP contribution in [0, 0.1) is 17.8 Å². The van der Waals surface area contributed by atoms with E-state index in [9.17, 15) is 10.2 Å². The van der Waals surface area contributed by atoms with E-state index in [1.807, 2.05) is 6.92 Å². The highest BCUT2D eigenvalue weighted by Crippen LogP contribution is 2.47. The Hall–Kier alpha value is -0.680. The van der Waals surface area contributed by atoms with Gasteiger partial charge in [0.15, 0.2) is 0 Å². The van der Waals surface area contributed by atoms with Crippen molar-refractivity contribution in [2.45, 2.75) is 110 Å². The first-order chi connectivity index (χ1) is 14.6. The lowest BCUT2D eigenvalue weighted by atomic mass is 9.88. The molecule has 0 spiro atoms. The molecule has 2 aliphatic rings. The first kappa shape index (κ1) is 26.6. The molecule has 2 aliphatic carbocycles. The topological polar surface area (TPSA) is 55.7 Å². The number of rotatable bonds is 14. The van der Waals surface area contributed by atoms with Crippen LogP contribution in [-0.2, 0) is 0 Å². The Balaban J connectivity index is 1.74. The summed E-state index contributed by atoms with van der Waals surface area (Å²) in [5, 5.41) is 24.7. The van der Waals surface area contributed by atoms with Crippen LogP contribution in [0.5, 0.6) is 0 Å². The van der Waals surface area contributed by atoms with Crippen LogP contribution in [0.1, 0.15) is 86.5 Å². The highest BCUT2D eigenvalue weighted by Gasteiger charge is 2.43. The Kier molecular flexibility index (Phi) is 10.7. The fourth-order valence-electron chi connectivity index (χ4n) is 5.62. The number of hydrogen-bond acceptors (Lipinski definition) is 4. The second kappa shape index (κ2) is 12.5. The van der Waals surface area contributed by atoms with E-state index in [1.54, 1.807) is 0 Å². The molecule has 4 heteroatoms. The largest absolute Gasteiger partial charge is 0.392 e. The van der Waals surface area contributed by atoms with Crippen LogP contribution in [0.25, 0.3) is 0 Å². The lowest BCUT2D eigenvalue weighted by Gasteiger charge is -2.30. The molecule has 0 radical (unpaired) electrons. The van der Waals surface area contributed by atoms with Crippen molar-refractivity contribution in [2.75, 3.05) is 19.6 Å². The average Bonchev–Trinajstić information content (AvgIpc) is 3.19. The molecule has 1 saturated carbocycles. The van der Waals surface area contributed by atoms with Gasteiger partial charge in [-0.15, -0.1) is 0 Å². The molecule has 0 heterocycles. The molecule has 3 N–H and O–H groups in total. The zero-order valence-corrected chi connectivity index (χ0v) is 21.1. The minimum atomic E-state index is -0.626. The molecular formula is C27H50N2O2. The second-order valence-corrected chi connectivity index (χ2v) is 10.9. The predicted octanol–water partition coefficient (Wildman–Crippen LogP) is 4.92. The number of aliphatic hydroxyl groups excluding tert-OH is 1. The number of nitrogens with zero attached hydrogens (tertiary/aromatic N) is 1. The molecule has 0 unspecified atom stereocenters. The minimum absolute atomic E-state index is 0.228. The SMILES string of the molecule is CCCC[C@](C)(O)C/C=C/[C@@H]1[C@H]2CC(CNCCCN(C(C)C)C(C)C)=C[C@H]2C[C@H]1O. The van der Waals surface area contributed by atoms with Gasteiger partial charge in [0.2, 0.25) is 0 Å². The third-order valence-electron chi connectivity index (χ3n) is 7.38. The van der Waals surface area contributed by atoms with Crippen molar-refractivity contribution in [3.8, 4) is 0 Å². The fraction of sp³-hybridized carbons (Fsp3) is 0.852. The van der Waals surface area contributed by atoms with Gasteiger partial charge >= 0.3 is 0 Å². The minimum Gasteiger partial charge on any atom is -0.392 e. The molecular weight excluding hydrogens is 384 g/mol. The molecule has 5 atom stereocenters. The summed E-state index contributed by atoms with van der Waals surface area (Å²) in [6.45, 7) is 16.4. The fourth-order valence-corrected chi connectivity index (χ4v) is 5.62. The number of aliphatic hydroxyl groups is 2. The smallest absolute Gasteiger partial charge is 0.0654 e. The number of nitrogens with one attached hydrogen (secondary N) is 1. The van der Waals surface area contributed by atoms with E-state index >= 15 is 0 Å². The summed E-state index contributed by atoms with van der Waals surface area (Å²) in [6, 6.07) is 1.20. The Labute approximate surface area is 192 Å². The average molecular weight is 435 g/mol. The molecule has 0 aromatic heterocycles. The van der Waals surface area contributed by atoms with Crippen molar-refractivity contribution in [1.29, 1.82) is 0 Å². The maximum atomic E-state index is 10.6. The Morgan fingerprint density at radius 2 is 1.94 bits per heavy atom. The highest BCUT2D eigenvalue weighted by molar-refractivity contribution is 5.21. The summed E-state index contributed by atoms with van der Waals surface area (Å²) >= 11 is 0. The number of allylic oxidation sites excluding steroid dienone is 1. The molecule has 0 aromatic rings. The van der Waals surface area contributed by atoms with Gasteiger partial charge < -0.3 is 15.5 Å². The van der Waals surface area contributed by atoms with Gasteiger partial charge in [0.25, 0.3) is 0 Å². The van der Waals surface area contributed by atoms with Gasteiger partial charge in [-0.05, 0) is 91.6 Å². The summed E-state index contributed by atoms with van der Waals surface area (Å²) in [7, 11) is 0. The van der Waals surface area contributed by atoms with Crippen molar-refractivity contribution in [2.24, 2.45) is 17.8 Å². The van der Waals surface area contributed by atoms with Crippen molar-refractivity contribution >= 4 is 0 Å². The molecule has 2 rings (SSSR count). The van der Waals surface area contributed by atoms with Gasteiger partial charge in [-0.3, -0.25) is 4.90 Å². The van der Waals surface area contributed by atoms with E-state index in [2.05, 4.69) is 63.1 Å². The zero-order chi connectivity index (χ0) is 23.0. The molecule has 0 aliphatic heterocycles. The quantitative estimate of drug-likeness (QED) is 0.268. The maximum Gasteiger partial charge on any atom is 0.0654 e. The summed E-state index contributed by atoms with van der Waals surface area (Å²) < 4.78 is 0. The van der Waals surface area contributed by atoms with Gasteiger partial charge in [-0.25, -0.2) is 0 Å². The summed E-state index contributed by atoms with van der Waals surface area (Å²) in [4.78, 5) is 2.55. The van der Waals surface area contributed by atoms with Gasteiger partial charge in [0.1, 0.15) is 0 Å². The molecule has 0 amide bonds. The van der Waals surface area contributed by atoms with Crippen LogP contribution in [-0.4, -0.2) is 58.5 Å². The van der Waals surface area contributed by atoms with Gasteiger partial charge in [0, 0.05) is 24.5 Å². The van der Waals surface area contributed by atoms with Crippen LogP contribution in [0.2, 0.25) is 0 Å². The van der Waals surface area contributed by atoms with Crippen molar-refractivity contribution < 1.29 is 10.2 Å². The number of unbranched alkanes of at least 4 members (excludes halogenated alkanes) is 1. The van der Waals surface area contributed by atoms with Crippen LogP contribution < -0.4 is 5.32 Å². The van der Waals surface area contributed by atoms with Crippen molar-refractivity contribution in [3.05, 3.63) is 23.8 Å². The van der Waals surface area contributed by atoms with E-state index in [0.29, 0.717) is 30.3 Å². The van der Waals surface area contributed by atoms with E-state index in [4.69, 9.17) is 0 Å². The van der Waals surface area contributed by atoms with Crippen LogP contribution >= 0.6 is 0 Å². The molecule has 1 fully saturated rings. The van der Waals surface area contributed by atoms with E-state index in [0.717, 1.165) is 51.7 Å². The molecule has 0 aromatic carbocycles. The van der Waals surface area contributed by atoms with E-state index in [-0.39, 0.29) is 12.0 Å². The summed E-state index contributed by atoms with van der Waals surface area (Å²) in [6.07, 6.45) is 13.4. The Morgan fingerprint density at radius 3 is 2.58 bits per heavy atom. The molecule has 4 nitrogen and oxygen atoms in total. The van der Waals surface area contributed by atoms with Crippen LogP contribution in [0.15, 0.2) is 23.8 Å². The molecule has 0 saturated heterocycles. The van der Waals surface area contributed by atoms with E-state index in [1.165, 1.54) is 12.0 Å². The normalized spacial score (nSPS) is 28.2. The molecule has 31 heavy (non-hydrogen) atoms. The zero-order valence-electron chi connectivity index (χ0n) is 21.1. The summed E-state index contributed by atoms with van der Waals surface area (Å²) in [5.41, 5.74) is 0.888. The third-order valence-corrected chi connectivity index (χ3v) is 7.38. The Bertz CT molecular complexity index is 574. The lowest BCUT2D eigenvalue weighted by Crippen LogP contribution is -2.38. The van der Waals surface area contributed by atoms with Crippen LogP contribution in [0.4, 0.5) is 0 Å². The van der Waals surface area contributed by atoms with Crippen molar-refractivity contribution in [1.82, 2.24) is 10.2 Å². The Morgan fingerprint density at radius 1 is 1.23 bits per heavy atom. The van der Waals surface area contributed by atoms with Gasteiger partial charge in [0.05, 0.1) is 11.7 Å². The van der Waals surface area contributed by atoms with Crippen molar-refractivity contribution in [3.63, 3.8) is 0 Å². The summed E-state index contributed by atoms with van der Waals surface area (Å²) in [5.74, 6) is 1.27. The first-order valence-corrected chi connectivity index (χ1v) is 12.9. The van der Waals surface area contributed by atoms with Gasteiger partial charge in [-0.2, -0.15) is 0 Å². The number of fused-ring (bicyclic) bond motifs is 1. The number of hydrogen-bond donors (Lipinski definition) is 3. The molecule has 0 bridgehead atoms. The highest BCUT2D eigenvalue weighted by atomic mass is 16.3. The van der Waals surface area contributed by atoms with Crippen LogP contribution in [0.3, 0.4) is 0 Å².